The van der Waals surface area contributed by atoms with Gasteiger partial charge in [-0.2, -0.15) is 0 Å². The molecular weight excluding hydrogens is 368 g/mol. The average Bonchev–Trinajstić information content (AvgIpc) is 3.14. The Bertz CT molecular complexity index is 1020. The third kappa shape index (κ3) is 3.11. The molecule has 3 heterocycles. The van der Waals surface area contributed by atoms with Gasteiger partial charge in [-0.25, -0.2) is 9.37 Å². The zero-order chi connectivity index (χ0) is 20.6. The summed E-state index contributed by atoms with van der Waals surface area (Å²) in [6.07, 6.45) is 5.90. The maximum atomic E-state index is 12.2. The molecule has 1 aromatic carbocycles. The van der Waals surface area contributed by atoms with E-state index < -0.39 is 5.97 Å². The fraction of sp³-hybridized carbons (Fsp3) is 0.478. The Balaban J connectivity index is 1.92. The lowest BCUT2D eigenvalue weighted by atomic mass is 9.71. The number of esters is 1. The number of carbonyl (C=O) groups excluding carboxylic acids is 1. The predicted octanol–water partition coefficient (Wildman–Crippen LogP) is 3.43. The number of benzene rings is 1. The Labute approximate surface area is 171 Å². The number of rotatable bonds is 5. The molecule has 1 atom stereocenters. The summed E-state index contributed by atoms with van der Waals surface area (Å²) in [6.45, 7) is 4.18. The van der Waals surface area contributed by atoms with Crippen molar-refractivity contribution in [2.24, 2.45) is 5.41 Å². The molecule has 0 spiro atoms. The summed E-state index contributed by atoms with van der Waals surface area (Å²) in [7, 11) is 4.61. The molecule has 154 valence electrons. The quantitative estimate of drug-likeness (QED) is 0.363. The van der Waals surface area contributed by atoms with Gasteiger partial charge in [-0.1, -0.05) is 6.92 Å². The largest absolute Gasteiger partial charge is 0.497 e. The van der Waals surface area contributed by atoms with Crippen molar-refractivity contribution in [2.75, 3.05) is 34.4 Å². The van der Waals surface area contributed by atoms with E-state index in [2.05, 4.69) is 28.6 Å². The first-order valence-corrected chi connectivity index (χ1v) is 10.2. The first-order chi connectivity index (χ1) is 14.1. The van der Waals surface area contributed by atoms with Gasteiger partial charge in [-0.3, -0.25) is 0 Å². The Morgan fingerprint density at radius 1 is 1.24 bits per heavy atom. The zero-order valence-electron chi connectivity index (χ0n) is 17.6. The zero-order valence-corrected chi connectivity index (χ0v) is 17.6. The molecule has 6 heteroatoms. The van der Waals surface area contributed by atoms with Gasteiger partial charge in [0.2, 0.25) is 11.5 Å². The number of allylic oxidation sites excluding steroid dienone is 1. The van der Waals surface area contributed by atoms with Gasteiger partial charge in [0.05, 0.1) is 26.7 Å². The second kappa shape index (κ2) is 7.58. The molecule has 1 aromatic heterocycles. The lowest BCUT2D eigenvalue weighted by Gasteiger charge is -2.35. The fourth-order valence-corrected chi connectivity index (χ4v) is 4.96. The molecule has 0 radical (unpaired) electrons. The molecule has 1 N–H and O–H groups in total. The van der Waals surface area contributed by atoms with Gasteiger partial charge < -0.3 is 19.2 Å². The summed E-state index contributed by atoms with van der Waals surface area (Å²) < 4.78 is 18.3. The maximum absolute atomic E-state index is 12.2. The summed E-state index contributed by atoms with van der Waals surface area (Å²) in [5, 5.41) is 1.21. The van der Waals surface area contributed by atoms with Gasteiger partial charge in [0.1, 0.15) is 24.5 Å². The molecule has 0 bridgehead atoms. The van der Waals surface area contributed by atoms with Crippen LogP contribution in [-0.2, 0) is 20.7 Å². The second-order valence-electron chi connectivity index (χ2n) is 7.79. The molecule has 0 unspecified atom stereocenters. The van der Waals surface area contributed by atoms with Gasteiger partial charge in [-0.15, -0.1) is 0 Å². The molecule has 0 fully saturated rings. The first kappa shape index (κ1) is 19.6. The number of hydrogen-bond donors (Lipinski definition) is 1. The molecule has 0 aliphatic carbocycles. The molecule has 2 aliphatic rings. The predicted molar refractivity (Wildman–Crippen MR) is 112 cm³/mol. The van der Waals surface area contributed by atoms with Crippen LogP contribution in [0.3, 0.4) is 0 Å². The highest BCUT2D eigenvalue weighted by Gasteiger charge is 2.47. The van der Waals surface area contributed by atoms with Gasteiger partial charge in [-0.05, 0) is 42.7 Å². The van der Waals surface area contributed by atoms with Crippen LogP contribution in [0.2, 0.25) is 0 Å². The van der Waals surface area contributed by atoms with E-state index in [0.717, 1.165) is 50.0 Å². The topological polar surface area (TPSA) is 63.6 Å². The van der Waals surface area contributed by atoms with Crippen molar-refractivity contribution >= 4 is 22.6 Å². The highest BCUT2D eigenvalue weighted by atomic mass is 16.6. The Kier molecular flexibility index (Phi) is 5.11. The maximum Gasteiger partial charge on any atom is 0.372 e. The summed E-state index contributed by atoms with van der Waals surface area (Å²) in [6, 6.07) is 6.18. The van der Waals surface area contributed by atoms with Crippen LogP contribution in [0.15, 0.2) is 30.0 Å². The van der Waals surface area contributed by atoms with Crippen LogP contribution in [0.5, 0.6) is 5.75 Å². The monoisotopic (exact) mass is 397 g/mol. The Hall–Kier alpha value is -2.76. The summed E-state index contributed by atoms with van der Waals surface area (Å²) >= 11 is 0. The van der Waals surface area contributed by atoms with E-state index in [1.54, 1.807) is 7.11 Å². The smallest absolute Gasteiger partial charge is 0.372 e. The minimum absolute atomic E-state index is 0.272. The van der Waals surface area contributed by atoms with Crippen molar-refractivity contribution in [1.82, 2.24) is 4.98 Å². The minimum atomic E-state index is -0.435. The van der Waals surface area contributed by atoms with E-state index >= 15 is 0 Å². The van der Waals surface area contributed by atoms with E-state index in [1.165, 1.54) is 36.6 Å². The number of ether oxygens (including phenoxy) is 3. The molecular formula is C23H29N2O4+. The number of hydrogen-bond acceptors (Lipinski definition) is 4. The van der Waals surface area contributed by atoms with E-state index in [0.29, 0.717) is 0 Å². The number of fused-ring (bicyclic) bond motifs is 4. The molecule has 2 aromatic rings. The van der Waals surface area contributed by atoms with Crippen LogP contribution in [0.4, 0.5) is 0 Å². The number of carbonyl (C=O) groups is 1. The van der Waals surface area contributed by atoms with Crippen LogP contribution in [0, 0.1) is 5.41 Å². The minimum Gasteiger partial charge on any atom is -0.497 e. The number of aromatic nitrogens is 1. The highest BCUT2D eigenvalue weighted by molar-refractivity contribution is 6.08. The number of aromatic amines is 1. The second-order valence-corrected chi connectivity index (χ2v) is 7.79. The van der Waals surface area contributed by atoms with Crippen molar-refractivity contribution in [3.63, 3.8) is 0 Å². The van der Waals surface area contributed by atoms with Crippen molar-refractivity contribution in [3.8, 4) is 5.75 Å². The van der Waals surface area contributed by atoms with Crippen molar-refractivity contribution in [3.05, 3.63) is 41.3 Å². The number of nitrogens with one attached hydrogen (secondary N) is 1. The third-order valence-electron chi connectivity index (χ3n) is 6.47. The molecule has 0 amide bonds. The standard InChI is InChI=1S/C23H28N2O4/c1-5-23(14-19(28-3)22(26)29-4)10-6-11-25-12-9-16-17-13-15(27-2)7-8-18(17)24-20(16)21(23)25/h7-8,13-14H,5-6,9-12H2,1-4H3/p+1/t23-/m0/s1. The highest BCUT2D eigenvalue weighted by Crippen LogP contribution is 2.42. The molecule has 0 saturated heterocycles. The SMILES string of the molecule is CC[C@@]1(C=C(OC)C(=O)OC)CCC[N+]2=C1c1[nH]c3ccc(OC)cc3c1CC2. The van der Waals surface area contributed by atoms with Gasteiger partial charge in [0.25, 0.3) is 0 Å². The van der Waals surface area contributed by atoms with Gasteiger partial charge in [0, 0.05) is 23.7 Å². The summed E-state index contributed by atoms with van der Waals surface area (Å²) in [5.74, 6) is 0.702. The normalized spacial score (nSPS) is 21.6. The van der Waals surface area contributed by atoms with Gasteiger partial charge in [0.15, 0.2) is 0 Å². The van der Waals surface area contributed by atoms with Crippen LogP contribution < -0.4 is 4.74 Å². The van der Waals surface area contributed by atoms with Gasteiger partial charge >= 0.3 is 5.97 Å². The fourth-order valence-electron chi connectivity index (χ4n) is 4.96. The van der Waals surface area contributed by atoms with Crippen LogP contribution in [0.1, 0.15) is 37.4 Å². The van der Waals surface area contributed by atoms with E-state index in [4.69, 9.17) is 14.2 Å². The lowest BCUT2D eigenvalue weighted by Crippen LogP contribution is -2.46. The van der Waals surface area contributed by atoms with E-state index in [-0.39, 0.29) is 11.2 Å². The van der Waals surface area contributed by atoms with Crippen molar-refractivity contribution in [2.45, 2.75) is 32.6 Å². The first-order valence-electron chi connectivity index (χ1n) is 10.2. The Morgan fingerprint density at radius 2 is 2.07 bits per heavy atom. The van der Waals surface area contributed by atoms with Crippen LogP contribution in [-0.4, -0.2) is 55.7 Å². The number of methoxy groups -OCH3 is 3. The molecule has 4 rings (SSSR count). The molecule has 6 nitrogen and oxygen atoms in total. The average molecular weight is 397 g/mol. The van der Waals surface area contributed by atoms with E-state index in [1.807, 2.05) is 12.1 Å². The van der Waals surface area contributed by atoms with Crippen molar-refractivity contribution in [1.29, 1.82) is 0 Å². The number of H-pyrrole nitrogens is 1. The summed E-state index contributed by atoms with van der Waals surface area (Å²) in [5.41, 5.74) is 4.61. The van der Waals surface area contributed by atoms with E-state index in [9.17, 15) is 4.79 Å². The van der Waals surface area contributed by atoms with Crippen LogP contribution >= 0.6 is 0 Å². The molecule has 0 saturated carbocycles. The third-order valence-corrected chi connectivity index (χ3v) is 6.47. The lowest BCUT2D eigenvalue weighted by molar-refractivity contribution is -0.537. The van der Waals surface area contributed by atoms with Crippen molar-refractivity contribution < 1.29 is 23.6 Å². The Morgan fingerprint density at radius 3 is 2.76 bits per heavy atom. The summed E-state index contributed by atoms with van der Waals surface area (Å²) in [4.78, 5) is 15.9. The molecule has 29 heavy (non-hydrogen) atoms. The van der Waals surface area contributed by atoms with Crippen LogP contribution in [0.25, 0.3) is 10.9 Å². The number of nitrogens with zero attached hydrogens (tertiary/aromatic N) is 1. The molecule has 2 aliphatic heterocycles.